The lowest BCUT2D eigenvalue weighted by Crippen LogP contribution is -2.52. The number of hydrogen-bond donors (Lipinski definition) is 9. The lowest BCUT2D eigenvalue weighted by Gasteiger charge is -2.31. The molecule has 0 fully saturated rings. The number of rotatable bonds is 25. The number of cyclic esters (lactones) is 1. The van der Waals surface area contributed by atoms with Gasteiger partial charge in [0.25, 0.3) is 17.4 Å². The number of aliphatic hydroxyl groups is 1. The number of amides is 8. The molecule has 0 aliphatic carbocycles. The summed E-state index contributed by atoms with van der Waals surface area (Å²) in [7, 11) is 0. The standard InChI is InChI=1S/C53H59FN12O13/c1-3-53(77)37-18-41-49-35(26-66(41)51(75)36(37)27-79-52(53)76)34(33-16-30(2)38(54)19-39(33)61-49)25-64-24-32(62-63-64)20-55-46(71)28-78-29-59-44(69)22-58-50(74)40(17-31-10-6-4-7-11-31)60-45(70)23-57-43(68)21-56-42(67)12-8-5-9-15-65-47(72)13-14-48(65)73/h4,6-7,10-11,13-14,16,18-19,24,40,62-63,77H,3,5,8-9,12,15,17,20-23,25-29H2,1-2H3,(H,55,71)(H,56,67)(H,57,68)(H,58,74)(H,59,69)(H,60,70)/t40-,53+/m1/s1. The van der Waals surface area contributed by atoms with Gasteiger partial charge in [-0.1, -0.05) is 43.7 Å². The molecule has 25 nitrogen and oxygen atoms in total. The van der Waals surface area contributed by atoms with Crippen LogP contribution in [0, 0.1) is 12.7 Å². The van der Waals surface area contributed by atoms with E-state index >= 15 is 4.39 Å². The highest BCUT2D eigenvalue weighted by Gasteiger charge is 2.45. The molecule has 26 heteroatoms. The largest absolute Gasteiger partial charge is 0.458 e. The zero-order chi connectivity index (χ0) is 56.4. The fraction of sp³-hybridized carbons (Fsp3) is 0.377. The number of unbranched alkanes of at least 4 members (excludes halogenated alkanes) is 2. The van der Waals surface area contributed by atoms with Gasteiger partial charge in [0.05, 0.1) is 67.4 Å². The van der Waals surface area contributed by atoms with E-state index in [2.05, 4.69) is 42.9 Å². The summed E-state index contributed by atoms with van der Waals surface area (Å²) in [6, 6.07) is 12.2. The van der Waals surface area contributed by atoms with E-state index in [0.29, 0.717) is 63.9 Å². The summed E-state index contributed by atoms with van der Waals surface area (Å²) in [5.74, 6) is -5.72. The zero-order valence-corrected chi connectivity index (χ0v) is 43.3. The Kier molecular flexibility index (Phi) is 17.9. The van der Waals surface area contributed by atoms with Crippen LogP contribution >= 0.6 is 0 Å². The van der Waals surface area contributed by atoms with Crippen LogP contribution in [0.4, 0.5) is 4.39 Å². The molecule has 0 spiro atoms. The Morgan fingerprint density at radius 3 is 2.34 bits per heavy atom. The Morgan fingerprint density at radius 1 is 0.861 bits per heavy atom. The number of fused-ring (bicyclic) bond motifs is 5. The van der Waals surface area contributed by atoms with Crippen molar-refractivity contribution in [1.29, 1.82) is 0 Å². The van der Waals surface area contributed by atoms with Crippen LogP contribution in [0.25, 0.3) is 22.3 Å². The molecule has 8 rings (SSSR count). The number of hydrogen-bond acceptors (Lipinski definition) is 17. The molecular formula is C53H59FN12O13. The number of ether oxygens (including phenoxy) is 2. The first-order chi connectivity index (χ1) is 37.9. The van der Waals surface area contributed by atoms with E-state index in [9.17, 15) is 53.1 Å². The lowest BCUT2D eigenvalue weighted by molar-refractivity contribution is -0.172. The highest BCUT2D eigenvalue weighted by atomic mass is 19.1. The predicted octanol–water partition coefficient (Wildman–Crippen LogP) is -1.04. The molecule has 0 unspecified atom stereocenters. The van der Waals surface area contributed by atoms with Crippen LogP contribution in [-0.4, -0.2) is 130 Å². The van der Waals surface area contributed by atoms with Crippen LogP contribution in [0.5, 0.6) is 0 Å². The molecule has 0 saturated heterocycles. The van der Waals surface area contributed by atoms with Crippen LogP contribution < -0.4 is 48.4 Å². The summed E-state index contributed by atoms with van der Waals surface area (Å²) in [6.45, 7) is 1.28. The van der Waals surface area contributed by atoms with Gasteiger partial charge in [0, 0.05) is 60.3 Å². The van der Waals surface area contributed by atoms with Gasteiger partial charge in [-0.2, -0.15) is 0 Å². The third-order valence-corrected chi connectivity index (χ3v) is 13.6. The molecule has 9 N–H and O–H groups in total. The van der Waals surface area contributed by atoms with Crippen LogP contribution in [-0.2, 0) is 84.3 Å². The number of hydrazine groups is 2. The van der Waals surface area contributed by atoms with E-state index in [0.717, 1.165) is 10.5 Å². The molecule has 6 heterocycles. The molecule has 2 atom stereocenters. The van der Waals surface area contributed by atoms with E-state index in [1.54, 1.807) is 67.5 Å². The minimum Gasteiger partial charge on any atom is -0.458 e. The Labute approximate surface area is 450 Å². The number of pyridine rings is 2. The molecule has 79 heavy (non-hydrogen) atoms. The van der Waals surface area contributed by atoms with Crippen molar-refractivity contribution in [3.8, 4) is 11.4 Å². The molecule has 416 valence electrons. The van der Waals surface area contributed by atoms with E-state index in [-0.39, 0.29) is 81.7 Å². The van der Waals surface area contributed by atoms with Gasteiger partial charge in [-0.25, -0.2) is 14.2 Å². The number of imide groups is 1. The van der Waals surface area contributed by atoms with Gasteiger partial charge in [-0.15, -0.1) is 5.53 Å². The number of esters is 1. The van der Waals surface area contributed by atoms with E-state index < -0.39 is 90.7 Å². The van der Waals surface area contributed by atoms with Gasteiger partial charge in [0.1, 0.15) is 31.8 Å². The summed E-state index contributed by atoms with van der Waals surface area (Å²) < 4.78 is 27.0. The van der Waals surface area contributed by atoms with Crippen molar-refractivity contribution in [1.82, 2.24) is 62.3 Å². The molecular weight excluding hydrogens is 1030 g/mol. The maximum absolute atomic E-state index is 15.0. The first-order valence-electron chi connectivity index (χ1n) is 25.5. The molecule has 4 aliphatic heterocycles. The Bertz CT molecular complexity index is 3220. The van der Waals surface area contributed by atoms with Crippen molar-refractivity contribution in [3.05, 3.63) is 122 Å². The second-order valence-electron chi connectivity index (χ2n) is 19.1. The Balaban J connectivity index is 0.757. The third-order valence-electron chi connectivity index (χ3n) is 13.6. The molecule has 2 aromatic heterocycles. The van der Waals surface area contributed by atoms with Crippen molar-refractivity contribution >= 4 is 64.1 Å². The number of carbonyl (C=O) groups is 9. The van der Waals surface area contributed by atoms with Gasteiger partial charge in [0.2, 0.25) is 35.4 Å². The molecule has 2 aromatic carbocycles. The number of carbonyl (C=O) groups excluding carboxylic acids is 9. The molecule has 0 saturated carbocycles. The molecule has 0 bridgehead atoms. The van der Waals surface area contributed by atoms with E-state index in [4.69, 9.17) is 14.5 Å². The smallest absolute Gasteiger partial charge is 0.343 e. The summed E-state index contributed by atoms with van der Waals surface area (Å²) >= 11 is 0. The van der Waals surface area contributed by atoms with E-state index in [1.807, 2.05) is 0 Å². The molecule has 4 aromatic rings. The maximum atomic E-state index is 15.0. The topological polar surface area (TPSA) is 330 Å². The molecule has 4 aliphatic rings. The summed E-state index contributed by atoms with van der Waals surface area (Å²) in [4.78, 5) is 132. The van der Waals surface area contributed by atoms with Crippen molar-refractivity contribution in [2.45, 2.75) is 83.7 Å². The third kappa shape index (κ3) is 13.5. The van der Waals surface area contributed by atoms with Gasteiger partial charge in [-0.05, 0) is 55.0 Å². The first-order valence-corrected chi connectivity index (χ1v) is 25.5. The number of aromatic nitrogens is 2. The highest BCUT2D eigenvalue weighted by Crippen LogP contribution is 2.41. The van der Waals surface area contributed by atoms with Crippen molar-refractivity contribution in [2.75, 3.05) is 46.1 Å². The first kappa shape index (κ1) is 56.3. The molecule has 0 radical (unpaired) electrons. The summed E-state index contributed by atoms with van der Waals surface area (Å²) in [6.07, 6.45) is 5.80. The zero-order valence-electron chi connectivity index (χ0n) is 43.3. The van der Waals surface area contributed by atoms with Crippen molar-refractivity contribution in [2.24, 2.45) is 0 Å². The molecule has 8 amide bonds. The number of halogens is 1. The number of nitrogens with one attached hydrogen (secondary N) is 8. The van der Waals surface area contributed by atoms with Gasteiger partial charge >= 0.3 is 5.97 Å². The average molecular weight is 1090 g/mol. The Hall–Kier alpha value is -8.88. The van der Waals surface area contributed by atoms with Crippen LogP contribution in [0.15, 0.2) is 77.4 Å². The van der Waals surface area contributed by atoms with Crippen molar-refractivity contribution < 1.29 is 62.1 Å². The van der Waals surface area contributed by atoms with Crippen LogP contribution in [0.1, 0.15) is 72.4 Å². The monoisotopic (exact) mass is 1090 g/mol. The number of benzene rings is 2. The minimum atomic E-state index is -2.02. The average Bonchev–Trinajstić information content (AvgIpc) is 4.08. The fourth-order valence-electron chi connectivity index (χ4n) is 9.28. The minimum absolute atomic E-state index is 0.0275. The fourth-order valence-corrected chi connectivity index (χ4v) is 9.28. The van der Waals surface area contributed by atoms with Gasteiger partial charge < -0.3 is 56.5 Å². The quantitative estimate of drug-likeness (QED) is 0.0146. The Morgan fingerprint density at radius 2 is 1.58 bits per heavy atom. The summed E-state index contributed by atoms with van der Waals surface area (Å²) in [5, 5.41) is 28.7. The lowest BCUT2D eigenvalue weighted by atomic mass is 9.86. The predicted molar refractivity (Wildman–Crippen MR) is 277 cm³/mol. The SMILES string of the molecule is CC[C@@]1(O)C(=O)OCc2c1cc1n(c2=O)Cc2c-1nc1cc(F)c(C)cc1c2CN1C=C(CNC(=O)COCNC(=O)CNC(=O)[C@@H](Cc2ccccc2)NC(=O)CNC(=O)CNC(=O)CCCCCN2C(=O)C=CC2=O)NN1. The summed E-state index contributed by atoms with van der Waals surface area (Å²) in [5.41, 5.74) is 8.01. The highest BCUT2D eigenvalue weighted by molar-refractivity contribution is 6.12. The maximum Gasteiger partial charge on any atom is 0.343 e. The second-order valence-corrected chi connectivity index (χ2v) is 19.1. The van der Waals surface area contributed by atoms with E-state index in [1.165, 1.54) is 22.8 Å². The normalized spacial score (nSPS) is 16.3. The van der Waals surface area contributed by atoms with Crippen LogP contribution in [0.3, 0.4) is 0 Å². The second kappa shape index (κ2) is 25.1. The van der Waals surface area contributed by atoms with Gasteiger partial charge in [-0.3, -0.25) is 53.1 Å². The number of aryl methyl sites for hydroxylation is 1. The van der Waals surface area contributed by atoms with Gasteiger partial charge in [0.15, 0.2) is 5.60 Å². The van der Waals surface area contributed by atoms with Crippen molar-refractivity contribution in [3.63, 3.8) is 0 Å². The van der Waals surface area contributed by atoms with Crippen LogP contribution in [0.2, 0.25) is 0 Å². The number of nitrogens with zero attached hydrogens (tertiary/aromatic N) is 4.